The van der Waals surface area contributed by atoms with Crippen molar-refractivity contribution in [3.63, 3.8) is 0 Å². The summed E-state index contributed by atoms with van der Waals surface area (Å²) in [7, 11) is 0. The van der Waals surface area contributed by atoms with Crippen LogP contribution in [0.15, 0.2) is 18.3 Å². The highest BCUT2D eigenvalue weighted by atomic mass is 19.1. The van der Waals surface area contributed by atoms with E-state index in [-0.39, 0.29) is 0 Å². The van der Waals surface area contributed by atoms with Gasteiger partial charge in [0.2, 0.25) is 5.95 Å². The predicted molar refractivity (Wildman–Crippen MR) is 50.7 cm³/mol. The third-order valence-corrected chi connectivity index (χ3v) is 2.35. The predicted octanol–water partition coefficient (Wildman–Crippen LogP) is 1.21. The highest BCUT2D eigenvalue weighted by Gasteiger charge is 2.14. The Hall–Kier alpha value is -1.16. The van der Waals surface area contributed by atoms with Gasteiger partial charge in [-0.15, -0.1) is 0 Å². The Bertz CT molecular complexity index is 283. The lowest BCUT2D eigenvalue weighted by Crippen LogP contribution is -2.15. The highest BCUT2D eigenvalue weighted by molar-refractivity contribution is 5.16. The summed E-state index contributed by atoms with van der Waals surface area (Å²) in [4.78, 5) is 3.52. The molecule has 1 N–H and O–H groups in total. The summed E-state index contributed by atoms with van der Waals surface area (Å²) in [5, 5.41) is 3.26. The van der Waals surface area contributed by atoms with Gasteiger partial charge in [-0.25, -0.2) is 4.98 Å². The fourth-order valence-electron chi connectivity index (χ4n) is 1.52. The minimum absolute atomic E-state index is 0.472. The van der Waals surface area contributed by atoms with Crippen LogP contribution in [0.2, 0.25) is 0 Å². The lowest BCUT2D eigenvalue weighted by atomic mass is 10.1. The van der Waals surface area contributed by atoms with Crippen molar-refractivity contribution in [3.8, 4) is 5.75 Å². The molecular weight excluding hydrogens is 183 g/mol. The zero-order valence-corrected chi connectivity index (χ0v) is 7.87. The van der Waals surface area contributed by atoms with E-state index in [2.05, 4.69) is 10.3 Å². The Labute approximate surface area is 82.3 Å². The van der Waals surface area contributed by atoms with Crippen LogP contribution in [0.5, 0.6) is 5.75 Å². The van der Waals surface area contributed by atoms with Crippen molar-refractivity contribution >= 4 is 0 Å². The van der Waals surface area contributed by atoms with Crippen molar-refractivity contribution in [2.75, 3.05) is 19.7 Å². The first-order valence-electron chi connectivity index (χ1n) is 4.79. The molecular formula is C10H13FN2O. The van der Waals surface area contributed by atoms with Gasteiger partial charge in [-0.05, 0) is 25.1 Å². The first-order valence-corrected chi connectivity index (χ1v) is 4.79. The summed E-state index contributed by atoms with van der Waals surface area (Å²) >= 11 is 0. The Kier molecular flexibility index (Phi) is 2.93. The number of hydrogen-bond acceptors (Lipinski definition) is 3. The van der Waals surface area contributed by atoms with Crippen LogP contribution in [-0.2, 0) is 0 Å². The second kappa shape index (κ2) is 4.37. The maximum Gasteiger partial charge on any atom is 0.213 e. The van der Waals surface area contributed by atoms with Gasteiger partial charge < -0.3 is 10.1 Å². The zero-order chi connectivity index (χ0) is 9.80. The summed E-state index contributed by atoms with van der Waals surface area (Å²) in [6.45, 7) is 2.75. The number of pyridine rings is 1. The molecule has 0 aromatic carbocycles. The molecule has 1 aliphatic rings. The van der Waals surface area contributed by atoms with E-state index >= 15 is 0 Å². The molecule has 0 aliphatic carbocycles. The minimum atomic E-state index is -0.472. The van der Waals surface area contributed by atoms with Crippen LogP contribution in [0.4, 0.5) is 4.39 Å². The Morgan fingerprint density at radius 1 is 1.57 bits per heavy atom. The molecule has 1 aromatic rings. The third-order valence-electron chi connectivity index (χ3n) is 2.35. The second-order valence-corrected chi connectivity index (χ2v) is 3.49. The summed E-state index contributed by atoms with van der Waals surface area (Å²) < 4.78 is 17.9. The largest absolute Gasteiger partial charge is 0.492 e. The van der Waals surface area contributed by atoms with Crippen molar-refractivity contribution < 1.29 is 9.13 Å². The molecule has 3 nitrogen and oxygen atoms in total. The quantitative estimate of drug-likeness (QED) is 0.738. The van der Waals surface area contributed by atoms with Gasteiger partial charge in [0.1, 0.15) is 5.75 Å². The second-order valence-electron chi connectivity index (χ2n) is 3.49. The lowest BCUT2D eigenvalue weighted by molar-refractivity contribution is 0.258. The van der Waals surface area contributed by atoms with Gasteiger partial charge in [-0.1, -0.05) is 0 Å². The molecule has 2 rings (SSSR count). The summed E-state index contributed by atoms with van der Waals surface area (Å²) in [5.41, 5.74) is 0. The first-order chi connectivity index (χ1) is 6.84. The Morgan fingerprint density at radius 2 is 2.50 bits per heavy atom. The van der Waals surface area contributed by atoms with Crippen LogP contribution in [0.25, 0.3) is 0 Å². The maximum absolute atomic E-state index is 12.5. The van der Waals surface area contributed by atoms with Crippen molar-refractivity contribution in [2.45, 2.75) is 6.42 Å². The van der Waals surface area contributed by atoms with Gasteiger partial charge in [0, 0.05) is 12.5 Å². The monoisotopic (exact) mass is 196 g/mol. The fourth-order valence-corrected chi connectivity index (χ4v) is 1.52. The molecule has 14 heavy (non-hydrogen) atoms. The molecule has 0 spiro atoms. The fraction of sp³-hybridized carbons (Fsp3) is 0.500. The molecule has 1 saturated heterocycles. The third kappa shape index (κ3) is 2.42. The maximum atomic E-state index is 12.5. The molecule has 0 saturated carbocycles. The van der Waals surface area contributed by atoms with Gasteiger partial charge in [0.15, 0.2) is 0 Å². The Morgan fingerprint density at radius 3 is 3.14 bits per heavy atom. The van der Waals surface area contributed by atoms with E-state index in [1.165, 1.54) is 12.3 Å². The molecule has 2 heterocycles. The molecule has 0 radical (unpaired) electrons. The van der Waals surface area contributed by atoms with Crippen molar-refractivity contribution in [3.05, 3.63) is 24.3 Å². The van der Waals surface area contributed by atoms with E-state index in [9.17, 15) is 4.39 Å². The molecule has 1 aliphatic heterocycles. The van der Waals surface area contributed by atoms with Gasteiger partial charge in [-0.2, -0.15) is 4.39 Å². The number of nitrogens with one attached hydrogen (secondary N) is 1. The standard InChI is InChI=1S/C10H13FN2O/c11-10-2-1-9(6-13-10)14-7-8-3-4-12-5-8/h1-2,6,8,12H,3-5,7H2/t8-/m0/s1. The number of halogens is 1. The van der Waals surface area contributed by atoms with Gasteiger partial charge >= 0.3 is 0 Å². The van der Waals surface area contributed by atoms with E-state index in [4.69, 9.17) is 4.74 Å². The highest BCUT2D eigenvalue weighted by Crippen LogP contribution is 2.13. The van der Waals surface area contributed by atoms with E-state index in [1.54, 1.807) is 6.07 Å². The molecule has 4 heteroatoms. The SMILES string of the molecule is Fc1ccc(OC[C@H]2CCNC2)cn1. The van der Waals surface area contributed by atoms with Gasteiger partial charge in [0.25, 0.3) is 0 Å². The van der Waals surface area contributed by atoms with Crippen LogP contribution >= 0.6 is 0 Å². The summed E-state index contributed by atoms with van der Waals surface area (Å²) in [5.74, 6) is 0.734. The van der Waals surface area contributed by atoms with E-state index < -0.39 is 5.95 Å². The van der Waals surface area contributed by atoms with E-state index in [1.807, 2.05) is 0 Å². The molecule has 0 bridgehead atoms. The Balaban J connectivity index is 1.82. The lowest BCUT2D eigenvalue weighted by Gasteiger charge is -2.09. The number of aromatic nitrogens is 1. The van der Waals surface area contributed by atoms with Crippen LogP contribution in [0.3, 0.4) is 0 Å². The normalized spacial score (nSPS) is 21.1. The summed E-state index contributed by atoms with van der Waals surface area (Å²) in [6.07, 6.45) is 2.56. The minimum Gasteiger partial charge on any atom is -0.492 e. The van der Waals surface area contributed by atoms with Crippen molar-refractivity contribution in [1.29, 1.82) is 0 Å². The molecule has 76 valence electrons. The molecule has 1 aromatic heterocycles. The smallest absolute Gasteiger partial charge is 0.213 e. The van der Waals surface area contributed by atoms with Crippen molar-refractivity contribution in [2.24, 2.45) is 5.92 Å². The van der Waals surface area contributed by atoms with E-state index in [0.29, 0.717) is 18.3 Å². The molecule has 0 amide bonds. The average Bonchev–Trinajstić information content (AvgIpc) is 2.70. The number of nitrogens with zero attached hydrogens (tertiary/aromatic N) is 1. The first kappa shape index (κ1) is 9.40. The van der Waals surface area contributed by atoms with Crippen LogP contribution in [0, 0.1) is 11.9 Å². The average molecular weight is 196 g/mol. The van der Waals surface area contributed by atoms with Gasteiger partial charge in [0.05, 0.1) is 12.8 Å². The number of hydrogen-bond donors (Lipinski definition) is 1. The van der Waals surface area contributed by atoms with Crippen LogP contribution in [-0.4, -0.2) is 24.7 Å². The number of ether oxygens (including phenoxy) is 1. The zero-order valence-electron chi connectivity index (χ0n) is 7.87. The van der Waals surface area contributed by atoms with Crippen LogP contribution in [0.1, 0.15) is 6.42 Å². The van der Waals surface area contributed by atoms with E-state index in [0.717, 1.165) is 19.5 Å². The topological polar surface area (TPSA) is 34.1 Å². The van der Waals surface area contributed by atoms with Gasteiger partial charge in [-0.3, -0.25) is 0 Å². The molecule has 0 unspecified atom stereocenters. The van der Waals surface area contributed by atoms with Crippen molar-refractivity contribution in [1.82, 2.24) is 10.3 Å². The molecule has 1 fully saturated rings. The number of rotatable bonds is 3. The summed E-state index contributed by atoms with van der Waals surface area (Å²) in [6, 6.07) is 2.91. The molecule has 1 atom stereocenters. The van der Waals surface area contributed by atoms with Crippen LogP contribution < -0.4 is 10.1 Å².